The number of H-pyrrole nitrogens is 1. The van der Waals surface area contributed by atoms with Crippen LogP contribution >= 0.6 is 23.1 Å². The average Bonchev–Trinajstić information content (AvgIpc) is 2.85. The van der Waals surface area contributed by atoms with Crippen LogP contribution in [-0.2, 0) is 15.3 Å². The van der Waals surface area contributed by atoms with Crippen molar-refractivity contribution in [2.75, 3.05) is 13.1 Å². The lowest BCUT2D eigenvalue weighted by atomic mass is 10.2. The van der Waals surface area contributed by atoms with Crippen LogP contribution in [-0.4, -0.2) is 51.3 Å². The van der Waals surface area contributed by atoms with Crippen molar-refractivity contribution in [1.82, 2.24) is 14.9 Å². The predicted molar refractivity (Wildman–Crippen MR) is 107 cm³/mol. The summed E-state index contributed by atoms with van der Waals surface area (Å²) in [6, 6.07) is 0. The fourth-order valence-electron chi connectivity index (χ4n) is 3.26. The number of carbonyl (C=O) groups is 1. The van der Waals surface area contributed by atoms with Gasteiger partial charge in [0, 0.05) is 18.0 Å². The van der Waals surface area contributed by atoms with Crippen molar-refractivity contribution in [3.63, 3.8) is 0 Å². The summed E-state index contributed by atoms with van der Waals surface area (Å²) in [6.07, 6.45) is 0.122. The van der Waals surface area contributed by atoms with Crippen molar-refractivity contribution < 1.29 is 9.53 Å². The minimum atomic E-state index is -0.194. The summed E-state index contributed by atoms with van der Waals surface area (Å²) in [6.45, 7) is 11.1. The van der Waals surface area contributed by atoms with E-state index in [0.717, 1.165) is 15.3 Å². The number of aromatic nitrogens is 2. The van der Waals surface area contributed by atoms with Gasteiger partial charge in [-0.2, -0.15) is 0 Å². The fraction of sp³-hybridized carbons (Fsp3) is 0.611. The van der Waals surface area contributed by atoms with Crippen molar-refractivity contribution in [1.29, 1.82) is 0 Å². The fourth-order valence-corrected chi connectivity index (χ4v) is 5.14. The summed E-state index contributed by atoms with van der Waals surface area (Å²) in [7, 11) is 0. The third-order valence-corrected chi connectivity index (χ3v) is 6.88. The van der Waals surface area contributed by atoms with Gasteiger partial charge in [-0.15, -0.1) is 23.1 Å². The number of morpholine rings is 1. The van der Waals surface area contributed by atoms with Crippen LogP contribution in [0.4, 0.5) is 0 Å². The highest BCUT2D eigenvalue weighted by molar-refractivity contribution is 7.99. The maximum Gasteiger partial charge on any atom is 0.259 e. The number of thiophene rings is 1. The molecule has 2 aromatic rings. The highest BCUT2D eigenvalue weighted by Crippen LogP contribution is 2.27. The first-order valence-corrected chi connectivity index (χ1v) is 10.7. The van der Waals surface area contributed by atoms with Crippen LogP contribution in [0.5, 0.6) is 0 Å². The summed E-state index contributed by atoms with van der Waals surface area (Å²) in [4.78, 5) is 36.3. The van der Waals surface area contributed by atoms with Crippen LogP contribution in [0.2, 0.25) is 0 Å². The normalized spacial score (nSPS) is 22.0. The number of hydrogen-bond acceptors (Lipinski definition) is 6. The van der Waals surface area contributed by atoms with E-state index in [9.17, 15) is 9.59 Å². The van der Waals surface area contributed by atoms with E-state index in [2.05, 4.69) is 9.97 Å². The molecular weight excluding hydrogens is 370 g/mol. The van der Waals surface area contributed by atoms with E-state index in [4.69, 9.17) is 4.74 Å². The molecule has 3 unspecified atom stereocenters. The molecule has 1 aliphatic rings. The Morgan fingerprint density at radius 2 is 2.04 bits per heavy atom. The lowest BCUT2D eigenvalue weighted by Crippen LogP contribution is -2.50. The Bertz CT molecular complexity index is 866. The van der Waals surface area contributed by atoms with Crippen molar-refractivity contribution >= 4 is 39.2 Å². The highest BCUT2D eigenvalue weighted by Gasteiger charge is 2.29. The molecule has 0 aromatic carbocycles. The summed E-state index contributed by atoms with van der Waals surface area (Å²) < 4.78 is 5.69. The molecule has 8 heteroatoms. The standard InChI is InChI=1S/C18H25N3O3S2/c1-9-6-21(7-10(2)24-9)18(23)13(5)25-8-14-19-16(22)15-11(3)12(4)26-17(15)20-14/h9-10,13H,6-8H2,1-5H3,(H,19,20,22). The molecule has 1 fully saturated rings. The Balaban J connectivity index is 1.67. The smallest absolute Gasteiger partial charge is 0.259 e. The van der Waals surface area contributed by atoms with Gasteiger partial charge >= 0.3 is 0 Å². The van der Waals surface area contributed by atoms with Gasteiger partial charge in [-0.05, 0) is 40.2 Å². The minimum absolute atomic E-state index is 0.0608. The number of nitrogens with one attached hydrogen (secondary N) is 1. The third-order valence-electron chi connectivity index (χ3n) is 4.64. The molecule has 1 saturated heterocycles. The molecule has 2 aromatic heterocycles. The number of carbonyl (C=O) groups excluding carboxylic acids is 1. The second kappa shape index (κ2) is 7.70. The summed E-state index contributed by atoms with van der Waals surface area (Å²) in [5.74, 6) is 1.24. The second-order valence-electron chi connectivity index (χ2n) is 6.93. The molecule has 26 heavy (non-hydrogen) atoms. The van der Waals surface area contributed by atoms with E-state index < -0.39 is 0 Å². The molecule has 0 aliphatic carbocycles. The number of thioether (sulfide) groups is 1. The van der Waals surface area contributed by atoms with Crippen molar-refractivity contribution in [3.05, 3.63) is 26.6 Å². The largest absolute Gasteiger partial charge is 0.372 e. The first-order chi connectivity index (χ1) is 12.3. The molecule has 0 bridgehead atoms. The van der Waals surface area contributed by atoms with Gasteiger partial charge in [-0.3, -0.25) is 9.59 Å². The lowest BCUT2D eigenvalue weighted by Gasteiger charge is -2.36. The van der Waals surface area contributed by atoms with E-state index in [1.807, 2.05) is 39.5 Å². The molecule has 1 aliphatic heterocycles. The topological polar surface area (TPSA) is 75.3 Å². The summed E-state index contributed by atoms with van der Waals surface area (Å²) in [5.41, 5.74) is 0.902. The maximum absolute atomic E-state index is 12.7. The second-order valence-corrected chi connectivity index (χ2v) is 9.46. The van der Waals surface area contributed by atoms with E-state index in [1.165, 1.54) is 11.8 Å². The van der Waals surface area contributed by atoms with Crippen LogP contribution in [0.15, 0.2) is 4.79 Å². The van der Waals surface area contributed by atoms with E-state index in [1.54, 1.807) is 11.3 Å². The molecule has 6 nitrogen and oxygen atoms in total. The number of rotatable bonds is 4. The Hall–Kier alpha value is -1.38. The zero-order valence-corrected chi connectivity index (χ0v) is 17.4. The first kappa shape index (κ1) is 19.4. The molecule has 0 saturated carbocycles. The Labute approximate surface area is 161 Å². The molecule has 0 spiro atoms. The number of ether oxygens (including phenoxy) is 1. The number of aryl methyl sites for hydroxylation is 2. The molecule has 3 rings (SSSR count). The number of hydrogen-bond donors (Lipinski definition) is 1. The summed E-state index contributed by atoms with van der Waals surface area (Å²) >= 11 is 3.04. The molecule has 3 heterocycles. The Kier molecular flexibility index (Phi) is 5.74. The van der Waals surface area contributed by atoms with Gasteiger partial charge in [-0.25, -0.2) is 4.98 Å². The minimum Gasteiger partial charge on any atom is -0.372 e. The summed E-state index contributed by atoms with van der Waals surface area (Å²) in [5, 5.41) is 0.488. The van der Waals surface area contributed by atoms with Gasteiger partial charge in [0.05, 0.1) is 28.6 Å². The van der Waals surface area contributed by atoms with E-state index >= 15 is 0 Å². The zero-order chi connectivity index (χ0) is 19.0. The monoisotopic (exact) mass is 395 g/mol. The van der Waals surface area contributed by atoms with Gasteiger partial charge < -0.3 is 14.6 Å². The van der Waals surface area contributed by atoms with E-state index in [0.29, 0.717) is 30.1 Å². The predicted octanol–water partition coefficient (Wildman–Crippen LogP) is 2.86. The molecule has 1 N–H and O–H groups in total. The van der Waals surface area contributed by atoms with Crippen LogP contribution in [0.25, 0.3) is 10.2 Å². The number of amides is 1. The maximum atomic E-state index is 12.7. The first-order valence-electron chi connectivity index (χ1n) is 8.81. The SMILES string of the molecule is Cc1sc2nc(CSC(C)C(=O)N3CC(C)OC(C)C3)[nH]c(=O)c2c1C. The van der Waals surface area contributed by atoms with Crippen molar-refractivity contribution in [2.24, 2.45) is 0 Å². The van der Waals surface area contributed by atoms with Crippen LogP contribution in [0.1, 0.15) is 37.0 Å². The van der Waals surface area contributed by atoms with Crippen LogP contribution in [0, 0.1) is 13.8 Å². The van der Waals surface area contributed by atoms with Crippen molar-refractivity contribution in [2.45, 2.75) is 57.8 Å². The van der Waals surface area contributed by atoms with Gasteiger partial charge in [0.1, 0.15) is 10.7 Å². The quantitative estimate of drug-likeness (QED) is 0.862. The van der Waals surface area contributed by atoms with Gasteiger partial charge in [-0.1, -0.05) is 0 Å². The Morgan fingerprint density at radius 3 is 2.69 bits per heavy atom. The van der Waals surface area contributed by atoms with Crippen molar-refractivity contribution in [3.8, 4) is 0 Å². The molecule has 142 valence electrons. The highest BCUT2D eigenvalue weighted by atomic mass is 32.2. The number of aromatic amines is 1. The zero-order valence-electron chi connectivity index (χ0n) is 15.8. The number of nitrogens with zero attached hydrogens (tertiary/aromatic N) is 2. The van der Waals surface area contributed by atoms with E-state index in [-0.39, 0.29) is 28.9 Å². The molecular formula is C18H25N3O3S2. The molecule has 1 amide bonds. The van der Waals surface area contributed by atoms with Crippen LogP contribution in [0.3, 0.4) is 0 Å². The Morgan fingerprint density at radius 1 is 1.38 bits per heavy atom. The lowest BCUT2D eigenvalue weighted by molar-refractivity contribution is -0.142. The van der Waals surface area contributed by atoms with Gasteiger partial charge in [0.25, 0.3) is 5.56 Å². The third kappa shape index (κ3) is 3.97. The number of fused-ring (bicyclic) bond motifs is 1. The molecule has 0 radical (unpaired) electrons. The molecule has 3 atom stereocenters. The van der Waals surface area contributed by atoms with Gasteiger partial charge in [0.15, 0.2) is 0 Å². The van der Waals surface area contributed by atoms with Crippen LogP contribution < -0.4 is 5.56 Å². The average molecular weight is 396 g/mol. The van der Waals surface area contributed by atoms with Gasteiger partial charge in [0.2, 0.25) is 5.91 Å².